The number of aromatic hydroxyl groups is 1. The first-order chi connectivity index (χ1) is 8.26. The third-order valence-corrected chi connectivity index (χ3v) is 3.31. The second kappa shape index (κ2) is 5.27. The van der Waals surface area contributed by atoms with E-state index in [-0.39, 0.29) is 0 Å². The lowest BCUT2D eigenvalue weighted by molar-refractivity contribution is 0.347. The Morgan fingerprint density at radius 3 is 2.29 bits per heavy atom. The maximum absolute atomic E-state index is 10.0. The molecule has 2 rings (SSSR count). The number of hydrogen-bond donors (Lipinski definition) is 2. The summed E-state index contributed by atoms with van der Waals surface area (Å²) in [5.74, 6) is 1.95. The van der Waals surface area contributed by atoms with Crippen molar-refractivity contribution in [2.24, 2.45) is 0 Å². The molecule has 1 fully saturated rings. The van der Waals surface area contributed by atoms with E-state index in [9.17, 15) is 5.11 Å². The molecule has 17 heavy (non-hydrogen) atoms. The number of phenols is 1. The van der Waals surface area contributed by atoms with Crippen molar-refractivity contribution >= 4 is 0 Å². The number of benzene rings is 1. The topological polar surface area (TPSA) is 50.7 Å². The Morgan fingerprint density at radius 1 is 1.12 bits per heavy atom. The van der Waals surface area contributed by atoms with Gasteiger partial charge in [-0.25, -0.2) is 0 Å². The minimum Gasteiger partial charge on any atom is -0.508 e. The molecule has 0 aromatic heterocycles. The summed E-state index contributed by atoms with van der Waals surface area (Å²) in [6, 6.07) is 3.53. The van der Waals surface area contributed by atoms with Crippen molar-refractivity contribution in [2.75, 3.05) is 27.3 Å². The molecule has 1 aliphatic heterocycles. The quantitative estimate of drug-likeness (QED) is 0.842. The van der Waals surface area contributed by atoms with Gasteiger partial charge in [-0.1, -0.05) is 0 Å². The van der Waals surface area contributed by atoms with E-state index < -0.39 is 0 Å². The first kappa shape index (κ1) is 12.0. The number of rotatable bonds is 3. The molecular formula is C13H19NO3. The van der Waals surface area contributed by atoms with Crippen LogP contribution in [0.25, 0.3) is 0 Å². The molecule has 0 bridgehead atoms. The summed E-state index contributed by atoms with van der Waals surface area (Å²) in [6.07, 6.45) is 2.09. The van der Waals surface area contributed by atoms with E-state index in [0.717, 1.165) is 31.5 Å². The number of ether oxygens (including phenoxy) is 2. The van der Waals surface area contributed by atoms with Crippen LogP contribution in [-0.4, -0.2) is 32.4 Å². The Bertz CT molecular complexity index is 386. The average molecular weight is 237 g/mol. The summed E-state index contributed by atoms with van der Waals surface area (Å²) in [4.78, 5) is 0. The summed E-state index contributed by atoms with van der Waals surface area (Å²) in [5, 5.41) is 13.4. The van der Waals surface area contributed by atoms with E-state index in [1.807, 2.05) is 6.07 Å². The molecular weight excluding hydrogens is 218 g/mol. The highest BCUT2D eigenvalue weighted by Crippen LogP contribution is 2.39. The molecule has 1 aliphatic rings. The van der Waals surface area contributed by atoms with Crippen LogP contribution in [0.15, 0.2) is 12.1 Å². The molecule has 0 saturated carbocycles. The van der Waals surface area contributed by atoms with Crippen molar-refractivity contribution in [3.05, 3.63) is 17.7 Å². The molecule has 1 aromatic carbocycles. The lowest BCUT2D eigenvalue weighted by Gasteiger charge is -2.24. The van der Waals surface area contributed by atoms with E-state index in [1.54, 1.807) is 20.3 Å². The molecule has 1 aromatic rings. The molecule has 0 aliphatic carbocycles. The zero-order chi connectivity index (χ0) is 12.3. The van der Waals surface area contributed by atoms with Crippen molar-refractivity contribution in [2.45, 2.75) is 18.8 Å². The maximum atomic E-state index is 10.0. The number of piperidine rings is 1. The van der Waals surface area contributed by atoms with E-state index >= 15 is 0 Å². The molecule has 0 amide bonds. The monoisotopic (exact) mass is 237 g/mol. The van der Waals surface area contributed by atoms with Crippen LogP contribution in [0.5, 0.6) is 17.2 Å². The van der Waals surface area contributed by atoms with Crippen LogP contribution in [0.4, 0.5) is 0 Å². The first-order valence-corrected chi connectivity index (χ1v) is 5.92. The summed E-state index contributed by atoms with van der Waals surface area (Å²) in [7, 11) is 3.18. The van der Waals surface area contributed by atoms with Crippen LogP contribution >= 0.6 is 0 Å². The third kappa shape index (κ3) is 2.47. The van der Waals surface area contributed by atoms with Gasteiger partial charge in [-0.2, -0.15) is 0 Å². The van der Waals surface area contributed by atoms with Gasteiger partial charge in [-0.3, -0.25) is 0 Å². The Balaban J connectivity index is 2.32. The van der Waals surface area contributed by atoms with Gasteiger partial charge in [0.2, 0.25) is 0 Å². The normalized spacial score (nSPS) is 16.8. The highest BCUT2D eigenvalue weighted by atomic mass is 16.5. The van der Waals surface area contributed by atoms with Gasteiger partial charge in [-0.15, -0.1) is 0 Å². The van der Waals surface area contributed by atoms with Crippen molar-refractivity contribution in [3.63, 3.8) is 0 Å². The van der Waals surface area contributed by atoms with Crippen LogP contribution in [0.3, 0.4) is 0 Å². The zero-order valence-corrected chi connectivity index (χ0v) is 10.3. The highest BCUT2D eigenvalue weighted by Gasteiger charge is 2.20. The molecule has 0 radical (unpaired) electrons. The number of nitrogens with one attached hydrogen (secondary N) is 1. The number of hydrogen-bond acceptors (Lipinski definition) is 4. The number of methoxy groups -OCH3 is 2. The second-order valence-corrected chi connectivity index (χ2v) is 4.29. The first-order valence-electron chi connectivity index (χ1n) is 5.92. The Labute approximate surface area is 102 Å². The highest BCUT2D eigenvalue weighted by molar-refractivity contribution is 5.51. The van der Waals surface area contributed by atoms with Gasteiger partial charge in [0.1, 0.15) is 5.75 Å². The fourth-order valence-electron chi connectivity index (χ4n) is 2.34. The lowest BCUT2D eigenvalue weighted by Crippen LogP contribution is -2.26. The fourth-order valence-corrected chi connectivity index (χ4v) is 2.34. The van der Waals surface area contributed by atoms with Gasteiger partial charge >= 0.3 is 0 Å². The molecule has 1 saturated heterocycles. The predicted octanol–water partition coefficient (Wildman–Crippen LogP) is 1.88. The van der Waals surface area contributed by atoms with Gasteiger partial charge in [0, 0.05) is 11.6 Å². The Hall–Kier alpha value is -1.42. The van der Waals surface area contributed by atoms with Gasteiger partial charge in [-0.05, 0) is 37.9 Å². The van der Waals surface area contributed by atoms with Crippen LogP contribution in [0.2, 0.25) is 0 Å². The van der Waals surface area contributed by atoms with Crippen molar-refractivity contribution < 1.29 is 14.6 Å². The summed E-state index contributed by atoms with van der Waals surface area (Å²) in [5.41, 5.74) is 0.962. The molecule has 4 nitrogen and oxygen atoms in total. The smallest absolute Gasteiger partial charge is 0.164 e. The minimum atomic E-state index is 0.301. The van der Waals surface area contributed by atoms with Crippen molar-refractivity contribution in [1.82, 2.24) is 5.32 Å². The summed E-state index contributed by atoms with van der Waals surface area (Å²) >= 11 is 0. The van der Waals surface area contributed by atoms with Gasteiger partial charge in [0.05, 0.1) is 14.2 Å². The Morgan fingerprint density at radius 2 is 1.71 bits per heavy atom. The van der Waals surface area contributed by atoms with Crippen LogP contribution in [0.1, 0.15) is 24.3 Å². The summed E-state index contributed by atoms with van der Waals surface area (Å²) < 4.78 is 10.4. The molecule has 2 N–H and O–H groups in total. The van der Waals surface area contributed by atoms with Gasteiger partial charge in [0.15, 0.2) is 11.5 Å². The third-order valence-electron chi connectivity index (χ3n) is 3.31. The predicted molar refractivity (Wildman–Crippen MR) is 66.1 cm³/mol. The maximum Gasteiger partial charge on any atom is 0.164 e. The minimum absolute atomic E-state index is 0.301. The number of phenolic OH excluding ortho intramolecular Hbond substituents is 1. The SMILES string of the molecule is COc1cc(O)c(C2CCNCC2)cc1OC. The average Bonchev–Trinajstić information content (AvgIpc) is 2.39. The van der Waals surface area contributed by atoms with Crippen LogP contribution in [-0.2, 0) is 0 Å². The lowest BCUT2D eigenvalue weighted by atomic mass is 9.89. The molecule has 0 spiro atoms. The largest absolute Gasteiger partial charge is 0.508 e. The zero-order valence-electron chi connectivity index (χ0n) is 10.3. The fraction of sp³-hybridized carbons (Fsp3) is 0.538. The van der Waals surface area contributed by atoms with E-state index in [2.05, 4.69) is 5.32 Å². The van der Waals surface area contributed by atoms with E-state index in [0.29, 0.717) is 23.2 Å². The van der Waals surface area contributed by atoms with Crippen molar-refractivity contribution in [3.8, 4) is 17.2 Å². The molecule has 4 heteroatoms. The molecule has 94 valence electrons. The van der Waals surface area contributed by atoms with E-state index in [4.69, 9.17) is 9.47 Å². The van der Waals surface area contributed by atoms with Crippen molar-refractivity contribution in [1.29, 1.82) is 0 Å². The van der Waals surface area contributed by atoms with Crippen LogP contribution < -0.4 is 14.8 Å². The second-order valence-electron chi connectivity index (χ2n) is 4.29. The standard InChI is InChI=1S/C13H19NO3/c1-16-12-7-10(9-3-5-14-6-4-9)11(15)8-13(12)17-2/h7-9,14-15H,3-6H2,1-2H3. The summed E-state index contributed by atoms with van der Waals surface area (Å²) in [6.45, 7) is 2.00. The molecule has 1 heterocycles. The van der Waals surface area contributed by atoms with Gasteiger partial charge in [0.25, 0.3) is 0 Å². The Kier molecular flexibility index (Phi) is 3.74. The molecule has 0 atom stereocenters. The van der Waals surface area contributed by atoms with Crippen LogP contribution in [0, 0.1) is 0 Å². The van der Waals surface area contributed by atoms with E-state index in [1.165, 1.54) is 0 Å². The van der Waals surface area contributed by atoms with Gasteiger partial charge < -0.3 is 19.9 Å². The molecule has 0 unspecified atom stereocenters.